The molecule has 0 saturated carbocycles. The number of benzene rings is 1. The summed E-state index contributed by atoms with van der Waals surface area (Å²) in [5.74, 6) is 0. The average molecular weight is 472 g/mol. The Morgan fingerprint density at radius 3 is 2.61 bits per heavy atom. The van der Waals surface area contributed by atoms with Crippen molar-refractivity contribution in [2.75, 3.05) is 20.3 Å². The van der Waals surface area contributed by atoms with Gasteiger partial charge in [-0.1, -0.05) is 68.6 Å². The maximum Gasteiger partial charge on any atom is 0.0632 e. The van der Waals surface area contributed by atoms with Crippen LogP contribution in [0.1, 0.15) is 65.4 Å². The second-order valence-electron chi connectivity index (χ2n) is 8.92. The van der Waals surface area contributed by atoms with Crippen LogP contribution in [0.5, 0.6) is 0 Å². The molecule has 2 rings (SSSR count). The Morgan fingerprint density at radius 2 is 2.00 bits per heavy atom. The lowest BCUT2D eigenvalue weighted by molar-refractivity contribution is 0.0686. The first-order valence-electron chi connectivity index (χ1n) is 10.8. The van der Waals surface area contributed by atoms with Crippen molar-refractivity contribution in [3.8, 4) is 0 Å². The van der Waals surface area contributed by atoms with Crippen molar-refractivity contribution in [1.82, 2.24) is 10.4 Å². The fraction of sp³-hybridized carbons (Fsp3) is 0.739. The van der Waals surface area contributed by atoms with Gasteiger partial charge >= 0.3 is 0 Å². The molecule has 0 radical (unpaired) electrons. The number of nitrogens with zero attached hydrogens (tertiary/aromatic N) is 1. The van der Waals surface area contributed by atoms with Gasteiger partial charge in [0.15, 0.2) is 0 Å². The highest BCUT2D eigenvalue weighted by Gasteiger charge is 2.32. The molecule has 5 heteroatoms. The highest BCUT2D eigenvalue weighted by Crippen LogP contribution is 2.34. The third kappa shape index (κ3) is 8.35. The molecular formula is C23H39BrN2OS. The molecule has 0 spiro atoms. The Morgan fingerprint density at radius 1 is 1.29 bits per heavy atom. The molecule has 0 aromatic heterocycles. The number of halogens is 1. The number of hydrazine groups is 1. The summed E-state index contributed by atoms with van der Waals surface area (Å²) >= 11 is 5.69. The molecule has 28 heavy (non-hydrogen) atoms. The van der Waals surface area contributed by atoms with Crippen molar-refractivity contribution in [2.45, 2.75) is 88.3 Å². The maximum absolute atomic E-state index is 5.48. The lowest BCUT2D eigenvalue weighted by Crippen LogP contribution is -2.53. The molecule has 1 aliphatic rings. The van der Waals surface area contributed by atoms with Crippen LogP contribution in [0.15, 0.2) is 28.7 Å². The van der Waals surface area contributed by atoms with E-state index in [1.165, 1.54) is 37.7 Å². The number of ether oxygens (including phenoxy) is 1. The molecule has 0 bridgehead atoms. The quantitative estimate of drug-likeness (QED) is 0.424. The number of methoxy groups -OCH3 is 1. The van der Waals surface area contributed by atoms with Gasteiger partial charge in [0.05, 0.1) is 6.61 Å². The lowest BCUT2D eigenvalue weighted by Gasteiger charge is -2.37. The summed E-state index contributed by atoms with van der Waals surface area (Å²) in [4.78, 5) is 0. The van der Waals surface area contributed by atoms with E-state index in [4.69, 9.17) is 4.74 Å². The predicted octanol–water partition coefficient (Wildman–Crippen LogP) is 6.07. The molecule has 160 valence electrons. The van der Waals surface area contributed by atoms with Crippen LogP contribution in [0.4, 0.5) is 0 Å². The zero-order valence-electron chi connectivity index (χ0n) is 18.3. The molecule has 1 N–H and O–H groups in total. The third-order valence-corrected chi connectivity index (χ3v) is 7.27. The summed E-state index contributed by atoms with van der Waals surface area (Å²) in [6.07, 6.45) is 7.31. The standard InChI is InChI=1S/C23H39BrN2OS/c1-6-7-10-21(25-26-15-8-9-20(26)17-27-5)22(28-23(2,3)4)16-18-11-13-19(24)14-12-18/h11-14,20-22,25H,6-10,15-17H2,1-5H3/t20-,21+,22-/m0/s1. The Hall–Kier alpha value is -0.0700. The van der Waals surface area contributed by atoms with Crippen LogP contribution in [0.25, 0.3) is 0 Å². The van der Waals surface area contributed by atoms with Gasteiger partial charge < -0.3 is 4.74 Å². The average Bonchev–Trinajstić information content (AvgIpc) is 3.06. The van der Waals surface area contributed by atoms with Gasteiger partial charge in [-0.05, 0) is 43.4 Å². The second kappa shape index (κ2) is 11.9. The van der Waals surface area contributed by atoms with Crippen molar-refractivity contribution >= 4 is 27.7 Å². The first-order valence-corrected chi connectivity index (χ1v) is 12.4. The SMILES string of the molecule is CCCC[C@@H](NN1CCC[C@H]1COC)[C@H](Cc1ccc(Br)cc1)SC(C)(C)C. The molecule has 1 aromatic rings. The zero-order valence-corrected chi connectivity index (χ0v) is 20.7. The molecule has 1 fully saturated rings. The number of hydrogen-bond donors (Lipinski definition) is 1. The molecule has 3 nitrogen and oxygen atoms in total. The monoisotopic (exact) mass is 470 g/mol. The third-order valence-electron chi connectivity index (χ3n) is 5.24. The molecule has 0 unspecified atom stereocenters. The molecular weight excluding hydrogens is 432 g/mol. The minimum Gasteiger partial charge on any atom is -0.383 e. The van der Waals surface area contributed by atoms with Gasteiger partial charge in [0.1, 0.15) is 0 Å². The topological polar surface area (TPSA) is 24.5 Å². The maximum atomic E-state index is 5.48. The van der Waals surface area contributed by atoms with Gasteiger partial charge in [-0.25, -0.2) is 5.01 Å². The molecule has 1 aromatic carbocycles. The highest BCUT2D eigenvalue weighted by atomic mass is 79.9. The molecule has 1 saturated heterocycles. The number of nitrogens with one attached hydrogen (secondary N) is 1. The van der Waals surface area contributed by atoms with E-state index in [1.807, 2.05) is 7.11 Å². The van der Waals surface area contributed by atoms with Gasteiger partial charge in [-0.3, -0.25) is 5.43 Å². The van der Waals surface area contributed by atoms with Crippen molar-refractivity contribution in [3.63, 3.8) is 0 Å². The van der Waals surface area contributed by atoms with Crippen molar-refractivity contribution < 1.29 is 4.74 Å². The Kier molecular flexibility index (Phi) is 10.3. The largest absolute Gasteiger partial charge is 0.383 e. The molecule has 3 atom stereocenters. The molecule has 0 aliphatic carbocycles. The number of rotatable bonds is 11. The Labute approximate surface area is 185 Å². The summed E-state index contributed by atoms with van der Waals surface area (Å²) in [5.41, 5.74) is 5.38. The number of thioether (sulfide) groups is 1. The zero-order chi connectivity index (χ0) is 20.6. The van der Waals surface area contributed by atoms with Gasteiger partial charge in [0.2, 0.25) is 0 Å². The first kappa shape index (κ1) is 24.2. The van der Waals surface area contributed by atoms with Crippen LogP contribution in [-0.2, 0) is 11.2 Å². The summed E-state index contributed by atoms with van der Waals surface area (Å²) in [6, 6.07) is 9.84. The summed E-state index contributed by atoms with van der Waals surface area (Å²) in [7, 11) is 1.82. The van der Waals surface area contributed by atoms with E-state index in [9.17, 15) is 0 Å². The van der Waals surface area contributed by atoms with Crippen LogP contribution in [0.2, 0.25) is 0 Å². The second-order valence-corrected chi connectivity index (χ2v) is 11.9. The van der Waals surface area contributed by atoms with Crippen LogP contribution in [0, 0.1) is 0 Å². The van der Waals surface area contributed by atoms with E-state index in [1.54, 1.807) is 0 Å². The minimum atomic E-state index is 0.239. The highest BCUT2D eigenvalue weighted by molar-refractivity contribution is 9.10. The van der Waals surface area contributed by atoms with Gasteiger partial charge in [-0.15, -0.1) is 0 Å². The normalized spacial score (nSPS) is 20.4. The van der Waals surface area contributed by atoms with E-state index in [0.29, 0.717) is 17.3 Å². The molecule has 1 heterocycles. The van der Waals surface area contributed by atoms with Crippen molar-refractivity contribution in [3.05, 3.63) is 34.3 Å². The van der Waals surface area contributed by atoms with Crippen LogP contribution >= 0.6 is 27.7 Å². The lowest BCUT2D eigenvalue weighted by atomic mass is 10.0. The number of unbranched alkanes of at least 4 members (excludes halogenated alkanes) is 1. The Balaban J connectivity index is 2.17. The minimum absolute atomic E-state index is 0.239. The van der Waals surface area contributed by atoms with E-state index < -0.39 is 0 Å². The van der Waals surface area contributed by atoms with E-state index in [-0.39, 0.29) is 4.75 Å². The van der Waals surface area contributed by atoms with Gasteiger partial charge in [-0.2, -0.15) is 11.8 Å². The number of hydrogen-bond acceptors (Lipinski definition) is 4. The fourth-order valence-electron chi connectivity index (χ4n) is 3.91. The smallest absolute Gasteiger partial charge is 0.0632 e. The summed E-state index contributed by atoms with van der Waals surface area (Å²) in [6.45, 7) is 11.3. The van der Waals surface area contributed by atoms with Gasteiger partial charge in [0.25, 0.3) is 0 Å². The molecule has 0 amide bonds. The molecule has 1 aliphatic heterocycles. The Bertz CT molecular complexity index is 561. The van der Waals surface area contributed by atoms with Crippen molar-refractivity contribution in [1.29, 1.82) is 0 Å². The fourth-order valence-corrected chi connectivity index (χ4v) is 5.72. The van der Waals surface area contributed by atoms with E-state index in [2.05, 4.69) is 90.1 Å². The predicted molar refractivity (Wildman–Crippen MR) is 127 cm³/mol. The van der Waals surface area contributed by atoms with E-state index >= 15 is 0 Å². The van der Waals surface area contributed by atoms with Crippen molar-refractivity contribution in [2.24, 2.45) is 0 Å². The van der Waals surface area contributed by atoms with Crippen LogP contribution < -0.4 is 5.43 Å². The van der Waals surface area contributed by atoms with Gasteiger partial charge in [0, 0.05) is 40.2 Å². The van der Waals surface area contributed by atoms with E-state index in [0.717, 1.165) is 24.0 Å². The van der Waals surface area contributed by atoms with Crippen LogP contribution in [-0.4, -0.2) is 47.4 Å². The van der Waals surface area contributed by atoms with Crippen LogP contribution in [0.3, 0.4) is 0 Å². The summed E-state index contributed by atoms with van der Waals surface area (Å²) in [5, 5.41) is 3.01. The summed E-state index contributed by atoms with van der Waals surface area (Å²) < 4.78 is 6.86. The first-order chi connectivity index (χ1) is 13.3.